The minimum atomic E-state index is -5.21. The molecular weight excluding hydrogens is 459 g/mol. The fraction of sp³-hybridized carbons (Fsp3) is 0.167. The Bertz CT molecular complexity index is 1100. The highest BCUT2D eigenvalue weighted by atomic mass is 19.4. The fourth-order valence-corrected chi connectivity index (χ4v) is 2.67. The minimum absolute atomic E-state index is 0.170. The minimum Gasteiger partial charge on any atom is -0.322 e. The Morgan fingerprint density at radius 3 is 1.91 bits per heavy atom. The van der Waals surface area contributed by atoms with Crippen LogP contribution in [-0.2, 0) is 18.5 Å². The topological polar surface area (TPSA) is 59.8 Å². The first kappa shape index (κ1) is 23.1. The number of aromatic nitrogens is 3. The highest BCUT2D eigenvalue weighted by molar-refractivity contribution is 6.05. The number of hydrogen-bond donors (Lipinski definition) is 1. The molecule has 1 amide bonds. The van der Waals surface area contributed by atoms with Crippen LogP contribution in [0.5, 0.6) is 0 Å². The molecule has 0 aliphatic heterocycles. The van der Waals surface area contributed by atoms with Crippen molar-refractivity contribution < 1.29 is 44.3 Å². The third-order valence-corrected chi connectivity index (χ3v) is 3.99. The third-order valence-electron chi connectivity index (χ3n) is 3.99. The number of halogens is 9. The average molecular weight is 468 g/mol. The summed E-state index contributed by atoms with van der Waals surface area (Å²) in [6.45, 7) is 0. The number of carbonyl (C=O) groups is 1. The summed E-state index contributed by atoms with van der Waals surface area (Å²) in [7, 11) is 0. The van der Waals surface area contributed by atoms with Crippen molar-refractivity contribution in [3.63, 3.8) is 0 Å². The number of hydrogen-bond acceptors (Lipinski definition) is 3. The van der Waals surface area contributed by atoms with Gasteiger partial charge in [0.1, 0.15) is 0 Å². The number of nitrogens with zero attached hydrogens (tertiary/aromatic N) is 3. The monoisotopic (exact) mass is 468 g/mol. The highest BCUT2D eigenvalue weighted by Gasteiger charge is 2.41. The van der Waals surface area contributed by atoms with Crippen molar-refractivity contribution in [2.24, 2.45) is 0 Å². The first-order valence-corrected chi connectivity index (χ1v) is 8.35. The molecule has 170 valence electrons. The van der Waals surface area contributed by atoms with Gasteiger partial charge in [-0.3, -0.25) is 4.79 Å². The van der Waals surface area contributed by atoms with Gasteiger partial charge in [-0.1, -0.05) is 6.07 Å². The van der Waals surface area contributed by atoms with E-state index in [0.717, 1.165) is 12.3 Å². The smallest absolute Gasteiger partial charge is 0.322 e. The first-order chi connectivity index (χ1) is 14.7. The van der Waals surface area contributed by atoms with Gasteiger partial charge in [0.15, 0.2) is 11.5 Å². The molecular formula is C18H9F9N4O. The number of amides is 1. The maximum atomic E-state index is 13.6. The van der Waals surface area contributed by atoms with Crippen LogP contribution in [0.25, 0.3) is 5.82 Å². The Labute approximate surface area is 172 Å². The first-order valence-electron chi connectivity index (χ1n) is 8.35. The second-order valence-electron chi connectivity index (χ2n) is 6.25. The Balaban J connectivity index is 2.06. The van der Waals surface area contributed by atoms with Crippen molar-refractivity contribution in [2.45, 2.75) is 18.5 Å². The summed E-state index contributed by atoms with van der Waals surface area (Å²) in [5.41, 5.74) is -7.24. The molecule has 0 aliphatic rings. The van der Waals surface area contributed by atoms with Crippen LogP contribution in [0.3, 0.4) is 0 Å². The zero-order valence-electron chi connectivity index (χ0n) is 15.3. The van der Waals surface area contributed by atoms with Crippen LogP contribution in [0.2, 0.25) is 0 Å². The molecule has 0 bridgehead atoms. The van der Waals surface area contributed by atoms with Crippen molar-refractivity contribution in [3.8, 4) is 5.82 Å². The number of carbonyl (C=O) groups excluding carboxylic acids is 1. The third kappa shape index (κ3) is 4.84. The molecule has 0 saturated heterocycles. The number of rotatable bonds is 3. The van der Waals surface area contributed by atoms with Crippen molar-refractivity contribution in [2.75, 3.05) is 5.32 Å². The van der Waals surface area contributed by atoms with Crippen molar-refractivity contribution in [1.82, 2.24) is 14.8 Å². The van der Waals surface area contributed by atoms with E-state index in [2.05, 4.69) is 10.1 Å². The van der Waals surface area contributed by atoms with Gasteiger partial charge in [0, 0.05) is 11.9 Å². The summed E-state index contributed by atoms with van der Waals surface area (Å²) in [5, 5.41) is 5.09. The second-order valence-corrected chi connectivity index (χ2v) is 6.25. The van der Waals surface area contributed by atoms with Gasteiger partial charge >= 0.3 is 18.5 Å². The van der Waals surface area contributed by atoms with Gasteiger partial charge in [-0.2, -0.15) is 44.6 Å². The van der Waals surface area contributed by atoms with E-state index in [9.17, 15) is 44.3 Å². The lowest BCUT2D eigenvalue weighted by atomic mass is 10.1. The van der Waals surface area contributed by atoms with Gasteiger partial charge in [-0.05, 0) is 30.3 Å². The van der Waals surface area contributed by atoms with Crippen LogP contribution in [0, 0.1) is 0 Å². The zero-order valence-corrected chi connectivity index (χ0v) is 15.3. The number of anilines is 1. The van der Waals surface area contributed by atoms with Gasteiger partial charge in [0.2, 0.25) is 0 Å². The predicted octanol–water partition coefficient (Wildman–Crippen LogP) is 5.58. The highest BCUT2D eigenvalue weighted by Crippen LogP contribution is 2.38. The summed E-state index contributed by atoms with van der Waals surface area (Å²) in [6.07, 6.45) is -13.9. The van der Waals surface area contributed by atoms with E-state index >= 15 is 0 Å². The molecule has 5 nitrogen and oxygen atoms in total. The van der Waals surface area contributed by atoms with Crippen LogP contribution in [0.1, 0.15) is 27.2 Å². The Hall–Kier alpha value is -3.58. The molecule has 1 N–H and O–H groups in total. The lowest BCUT2D eigenvalue weighted by molar-refractivity contribution is -0.144. The molecule has 1 aromatic carbocycles. The van der Waals surface area contributed by atoms with E-state index < -0.39 is 52.5 Å². The molecule has 32 heavy (non-hydrogen) atoms. The molecule has 0 aliphatic carbocycles. The van der Waals surface area contributed by atoms with E-state index in [4.69, 9.17) is 0 Å². The summed E-state index contributed by atoms with van der Waals surface area (Å²) in [4.78, 5) is 16.1. The van der Waals surface area contributed by atoms with E-state index in [1.54, 1.807) is 5.32 Å². The van der Waals surface area contributed by atoms with Crippen molar-refractivity contribution in [1.29, 1.82) is 0 Å². The quantitative estimate of drug-likeness (QED) is 0.511. The average Bonchev–Trinajstić information content (AvgIpc) is 3.13. The molecule has 0 fully saturated rings. The lowest BCUT2D eigenvalue weighted by Gasteiger charge is -2.15. The molecule has 0 atom stereocenters. The second kappa shape index (κ2) is 7.84. The van der Waals surface area contributed by atoms with Crippen molar-refractivity contribution in [3.05, 3.63) is 71.2 Å². The summed E-state index contributed by atoms with van der Waals surface area (Å²) >= 11 is 0. The van der Waals surface area contributed by atoms with Crippen LogP contribution in [-0.4, -0.2) is 20.7 Å². The van der Waals surface area contributed by atoms with Crippen LogP contribution in [0.4, 0.5) is 45.2 Å². The molecule has 2 heterocycles. The maximum absolute atomic E-state index is 13.6. The summed E-state index contributed by atoms with van der Waals surface area (Å²) < 4.78 is 119. The summed E-state index contributed by atoms with van der Waals surface area (Å²) in [6, 6.07) is 4.04. The molecule has 0 unspecified atom stereocenters. The maximum Gasteiger partial charge on any atom is 0.434 e. The SMILES string of the molecule is O=C(Nc1cc(C(F)(F)F)cc(C(F)(F)F)c1)c1cnn(-c2ccccn2)c1C(F)(F)F. The normalized spacial score (nSPS) is 12.7. The molecule has 14 heteroatoms. The van der Waals surface area contributed by atoms with E-state index in [1.165, 1.54) is 12.1 Å². The van der Waals surface area contributed by atoms with Crippen LogP contribution in [0.15, 0.2) is 48.8 Å². The standard InChI is InChI=1S/C18H9F9N4O/c19-16(20,21)9-5-10(17(22,23)24)7-11(6-9)30-15(32)12-8-29-31(14(12)18(25,26)27)13-3-1-2-4-28-13/h1-8H,(H,30,32). The molecule has 0 spiro atoms. The van der Waals surface area contributed by atoms with Crippen LogP contribution >= 0.6 is 0 Å². The van der Waals surface area contributed by atoms with E-state index in [-0.39, 0.29) is 28.7 Å². The lowest BCUT2D eigenvalue weighted by Crippen LogP contribution is -2.21. The van der Waals surface area contributed by atoms with Gasteiger partial charge in [-0.15, -0.1) is 0 Å². The number of alkyl halides is 9. The molecule has 0 saturated carbocycles. The molecule has 3 rings (SSSR count). The van der Waals surface area contributed by atoms with E-state index in [0.29, 0.717) is 6.20 Å². The fourth-order valence-electron chi connectivity index (χ4n) is 2.67. The van der Waals surface area contributed by atoms with Gasteiger partial charge < -0.3 is 5.32 Å². The predicted molar refractivity (Wildman–Crippen MR) is 90.8 cm³/mol. The number of benzene rings is 1. The Kier molecular flexibility index (Phi) is 5.65. The Morgan fingerprint density at radius 1 is 0.844 bits per heavy atom. The number of nitrogens with one attached hydrogen (secondary N) is 1. The number of pyridine rings is 1. The molecule has 2 aromatic heterocycles. The van der Waals surface area contributed by atoms with E-state index in [1.807, 2.05) is 0 Å². The van der Waals surface area contributed by atoms with Gasteiger partial charge in [0.25, 0.3) is 5.91 Å². The van der Waals surface area contributed by atoms with Crippen LogP contribution < -0.4 is 5.32 Å². The van der Waals surface area contributed by atoms with Gasteiger partial charge in [-0.25, -0.2) is 9.67 Å². The Morgan fingerprint density at radius 2 is 1.44 bits per heavy atom. The van der Waals surface area contributed by atoms with Crippen molar-refractivity contribution >= 4 is 11.6 Å². The molecule has 3 aromatic rings. The largest absolute Gasteiger partial charge is 0.434 e. The zero-order chi connectivity index (χ0) is 23.9. The summed E-state index contributed by atoms with van der Waals surface area (Å²) in [5.74, 6) is -1.94. The molecule has 0 radical (unpaired) electrons. The van der Waals surface area contributed by atoms with Gasteiger partial charge in [0.05, 0.1) is 22.9 Å².